The summed E-state index contributed by atoms with van der Waals surface area (Å²) in [5.41, 5.74) is 1.89. The second kappa shape index (κ2) is 9.75. The molecule has 176 valence electrons. The van der Waals surface area contributed by atoms with Gasteiger partial charge in [-0.2, -0.15) is 0 Å². The zero-order chi connectivity index (χ0) is 22.8. The van der Waals surface area contributed by atoms with E-state index in [-0.39, 0.29) is 24.4 Å². The molecule has 2 aromatic heterocycles. The Kier molecular flexibility index (Phi) is 6.57. The van der Waals surface area contributed by atoms with E-state index < -0.39 is 0 Å². The van der Waals surface area contributed by atoms with E-state index in [0.717, 1.165) is 43.3 Å². The van der Waals surface area contributed by atoms with Crippen LogP contribution in [0.3, 0.4) is 0 Å². The average molecular weight is 469 g/mol. The van der Waals surface area contributed by atoms with Gasteiger partial charge in [-0.3, -0.25) is 18.6 Å². The normalized spacial score (nSPS) is 19.9. The van der Waals surface area contributed by atoms with Crippen molar-refractivity contribution in [1.29, 1.82) is 0 Å². The van der Waals surface area contributed by atoms with Crippen LogP contribution in [0, 0.1) is 0 Å². The number of carbonyl (C=O) groups is 2. The molecule has 2 amide bonds. The Morgan fingerprint density at radius 3 is 2.58 bits per heavy atom. The molecule has 8 nitrogen and oxygen atoms in total. The van der Waals surface area contributed by atoms with Gasteiger partial charge in [-0.1, -0.05) is 43.2 Å². The van der Waals surface area contributed by atoms with Gasteiger partial charge >= 0.3 is 0 Å². The lowest BCUT2D eigenvalue weighted by Crippen LogP contribution is -2.42. The number of para-hydroxylation sites is 2. The number of hydrogen-bond donors (Lipinski definition) is 1. The largest absolute Gasteiger partial charge is 0.352 e. The van der Waals surface area contributed by atoms with Crippen LogP contribution in [0.2, 0.25) is 0 Å². The van der Waals surface area contributed by atoms with E-state index in [2.05, 4.69) is 22.4 Å². The van der Waals surface area contributed by atoms with Crippen LogP contribution >= 0.6 is 11.8 Å². The summed E-state index contributed by atoms with van der Waals surface area (Å²) < 4.78 is 3.90. The van der Waals surface area contributed by atoms with Crippen LogP contribution in [0.1, 0.15) is 58.3 Å². The summed E-state index contributed by atoms with van der Waals surface area (Å²) >= 11 is 1.42. The van der Waals surface area contributed by atoms with E-state index in [1.54, 1.807) is 0 Å². The highest BCUT2D eigenvalue weighted by atomic mass is 32.2. The molecule has 2 fully saturated rings. The third-order valence-electron chi connectivity index (χ3n) is 6.99. The van der Waals surface area contributed by atoms with E-state index in [1.807, 2.05) is 38.1 Å². The van der Waals surface area contributed by atoms with E-state index in [1.165, 1.54) is 37.4 Å². The maximum absolute atomic E-state index is 12.8. The number of hydrogen-bond acceptors (Lipinski definition) is 5. The van der Waals surface area contributed by atoms with Crippen molar-refractivity contribution in [3.63, 3.8) is 0 Å². The van der Waals surface area contributed by atoms with Gasteiger partial charge in [-0.15, -0.1) is 10.2 Å². The third kappa shape index (κ3) is 4.60. The standard InChI is InChI=1S/C24H32N6O2S/c1-17-9-7-8-14-28(17)22(32)16-33-24-27-26-23-29(19-12-5-6-13-20(19)30(23)24)15-21(31)25-18-10-3-2-4-11-18/h5-6,12-13,17-18H,2-4,7-11,14-16H2,1H3,(H,25,31)/t17-/m0/s1. The Labute approximate surface area is 198 Å². The second-order valence-electron chi connectivity index (χ2n) is 9.32. The third-order valence-corrected chi connectivity index (χ3v) is 7.90. The first kappa shape index (κ1) is 22.3. The van der Waals surface area contributed by atoms with Gasteiger partial charge in [0.1, 0.15) is 6.54 Å². The first-order valence-electron chi connectivity index (χ1n) is 12.2. The molecule has 3 aromatic rings. The SMILES string of the molecule is C[C@H]1CCCCN1C(=O)CSc1nnc2n(CC(=O)NC3CCCCC3)c3ccccc3n12. The number of aromatic nitrogens is 4. The molecule has 0 unspecified atom stereocenters. The highest BCUT2D eigenvalue weighted by Crippen LogP contribution is 2.27. The molecule has 0 spiro atoms. The van der Waals surface area contributed by atoms with Crippen LogP contribution in [-0.4, -0.2) is 60.3 Å². The van der Waals surface area contributed by atoms with E-state index in [0.29, 0.717) is 22.7 Å². The quantitative estimate of drug-likeness (QED) is 0.559. The summed E-state index contributed by atoms with van der Waals surface area (Å²) in [6.45, 7) is 3.18. The Morgan fingerprint density at radius 2 is 1.79 bits per heavy atom. The number of nitrogens with zero attached hydrogens (tertiary/aromatic N) is 5. The van der Waals surface area contributed by atoms with Crippen molar-refractivity contribution in [3.8, 4) is 0 Å². The fourth-order valence-corrected chi connectivity index (χ4v) is 6.05. The molecule has 1 N–H and O–H groups in total. The lowest BCUT2D eigenvalue weighted by atomic mass is 9.95. The average Bonchev–Trinajstić information content (AvgIpc) is 3.38. The van der Waals surface area contributed by atoms with Crippen molar-refractivity contribution in [2.24, 2.45) is 0 Å². The van der Waals surface area contributed by atoms with Gasteiger partial charge < -0.3 is 10.2 Å². The minimum absolute atomic E-state index is 0.0108. The van der Waals surface area contributed by atoms with Crippen molar-refractivity contribution < 1.29 is 9.59 Å². The highest BCUT2D eigenvalue weighted by molar-refractivity contribution is 7.99. The van der Waals surface area contributed by atoms with Gasteiger partial charge in [0.25, 0.3) is 0 Å². The first-order valence-corrected chi connectivity index (χ1v) is 13.1. The fourth-order valence-electron chi connectivity index (χ4n) is 5.23. The molecule has 0 radical (unpaired) electrons. The summed E-state index contributed by atoms with van der Waals surface area (Å²) in [5.74, 6) is 1.14. The number of thioether (sulfide) groups is 1. The van der Waals surface area contributed by atoms with Gasteiger partial charge in [0.15, 0.2) is 5.16 Å². The molecule has 2 aliphatic rings. The zero-order valence-corrected chi connectivity index (χ0v) is 20.0. The van der Waals surface area contributed by atoms with Crippen molar-refractivity contribution in [2.45, 2.75) is 82.1 Å². The van der Waals surface area contributed by atoms with Gasteiger partial charge in [-0.05, 0) is 51.2 Å². The summed E-state index contributed by atoms with van der Waals surface area (Å²) in [4.78, 5) is 27.7. The lowest BCUT2D eigenvalue weighted by molar-refractivity contribution is -0.131. The molecular formula is C24H32N6O2S. The highest BCUT2D eigenvalue weighted by Gasteiger charge is 2.25. The van der Waals surface area contributed by atoms with Gasteiger partial charge in [0.2, 0.25) is 17.6 Å². The topological polar surface area (TPSA) is 84.5 Å². The monoisotopic (exact) mass is 468 g/mol. The predicted octanol–water partition coefficient (Wildman–Crippen LogP) is 3.63. The van der Waals surface area contributed by atoms with Crippen molar-refractivity contribution in [2.75, 3.05) is 12.3 Å². The number of imidazole rings is 1. The second-order valence-corrected chi connectivity index (χ2v) is 10.3. The smallest absolute Gasteiger partial charge is 0.240 e. The Balaban J connectivity index is 1.36. The maximum Gasteiger partial charge on any atom is 0.240 e. The minimum atomic E-state index is 0.0108. The van der Waals surface area contributed by atoms with Crippen LogP contribution < -0.4 is 5.32 Å². The molecule has 1 atom stereocenters. The number of rotatable bonds is 6. The Hall–Kier alpha value is -2.55. The Morgan fingerprint density at radius 1 is 1.03 bits per heavy atom. The summed E-state index contributed by atoms with van der Waals surface area (Å²) in [6.07, 6.45) is 9.08. The molecule has 1 aliphatic carbocycles. The molecule has 1 saturated carbocycles. The van der Waals surface area contributed by atoms with Crippen LogP contribution in [0.4, 0.5) is 0 Å². The number of nitrogens with one attached hydrogen (secondary N) is 1. The summed E-state index contributed by atoms with van der Waals surface area (Å²) in [7, 11) is 0. The van der Waals surface area contributed by atoms with Gasteiger partial charge in [0, 0.05) is 18.6 Å². The number of amides is 2. The summed E-state index contributed by atoms with van der Waals surface area (Å²) in [5, 5.41) is 12.7. The molecule has 3 heterocycles. The van der Waals surface area contributed by atoms with E-state index >= 15 is 0 Å². The van der Waals surface area contributed by atoms with Crippen LogP contribution in [0.15, 0.2) is 29.4 Å². The lowest BCUT2D eigenvalue weighted by Gasteiger charge is -2.33. The van der Waals surface area contributed by atoms with Crippen LogP contribution in [0.25, 0.3) is 16.8 Å². The number of carbonyl (C=O) groups excluding carboxylic acids is 2. The van der Waals surface area contributed by atoms with Crippen molar-refractivity contribution in [1.82, 2.24) is 29.4 Å². The molecule has 9 heteroatoms. The number of benzene rings is 1. The number of likely N-dealkylation sites (tertiary alicyclic amines) is 1. The number of piperidine rings is 1. The number of fused-ring (bicyclic) bond motifs is 3. The summed E-state index contributed by atoms with van der Waals surface area (Å²) in [6, 6.07) is 8.54. The fraction of sp³-hybridized carbons (Fsp3) is 0.583. The van der Waals surface area contributed by atoms with Gasteiger partial charge in [0.05, 0.1) is 16.8 Å². The van der Waals surface area contributed by atoms with Crippen LogP contribution in [-0.2, 0) is 16.1 Å². The molecular weight excluding hydrogens is 436 g/mol. The molecule has 1 saturated heterocycles. The molecule has 5 rings (SSSR count). The minimum Gasteiger partial charge on any atom is -0.352 e. The Bertz CT molecular complexity index is 1150. The zero-order valence-electron chi connectivity index (χ0n) is 19.2. The van der Waals surface area contributed by atoms with Crippen LogP contribution in [0.5, 0.6) is 0 Å². The van der Waals surface area contributed by atoms with Gasteiger partial charge in [-0.25, -0.2) is 0 Å². The molecule has 33 heavy (non-hydrogen) atoms. The van der Waals surface area contributed by atoms with Crippen molar-refractivity contribution >= 4 is 40.4 Å². The van der Waals surface area contributed by atoms with E-state index in [4.69, 9.17) is 0 Å². The molecule has 1 aromatic carbocycles. The maximum atomic E-state index is 12.8. The molecule has 1 aliphatic heterocycles. The predicted molar refractivity (Wildman–Crippen MR) is 129 cm³/mol. The first-order chi connectivity index (χ1) is 16.1. The molecule has 0 bridgehead atoms. The van der Waals surface area contributed by atoms with Crippen molar-refractivity contribution in [3.05, 3.63) is 24.3 Å². The van der Waals surface area contributed by atoms with E-state index in [9.17, 15) is 9.59 Å².